The number of aryl methyl sites for hydroxylation is 4. The summed E-state index contributed by atoms with van der Waals surface area (Å²) in [6, 6.07) is 11.5. The summed E-state index contributed by atoms with van der Waals surface area (Å²) in [6.45, 7) is 7.09. The molecule has 1 aromatic heterocycles. The van der Waals surface area contributed by atoms with Gasteiger partial charge >= 0.3 is 0 Å². The fourth-order valence-electron chi connectivity index (χ4n) is 6.94. The van der Waals surface area contributed by atoms with Crippen molar-refractivity contribution in [3.05, 3.63) is 58.9 Å². The van der Waals surface area contributed by atoms with Gasteiger partial charge in [-0.3, -0.25) is 0 Å². The van der Waals surface area contributed by atoms with E-state index in [-0.39, 0.29) is 0 Å². The summed E-state index contributed by atoms with van der Waals surface area (Å²) in [4.78, 5) is 4.88. The minimum Gasteiger partial charge on any atom is -0.455 e. The molecular formula is C31H33N2O+. The van der Waals surface area contributed by atoms with Crippen LogP contribution in [0.3, 0.4) is 0 Å². The van der Waals surface area contributed by atoms with Crippen LogP contribution >= 0.6 is 0 Å². The van der Waals surface area contributed by atoms with Crippen LogP contribution in [0.4, 0.5) is 0 Å². The second-order valence-corrected chi connectivity index (χ2v) is 11.7. The van der Waals surface area contributed by atoms with Crippen molar-refractivity contribution in [2.45, 2.75) is 71.6 Å². The minimum atomic E-state index is 0.467. The number of nitrogens with zero attached hydrogens (tertiary/aromatic N) is 2. The molecule has 1 saturated carbocycles. The SMILES string of the molecule is Cc1c2c(c3c4c(cccc14)CCC3)Oc1cc(C3CCC(C)(C)CC3)cc3nc[n+](C)c-2c13. The van der Waals surface area contributed by atoms with Crippen molar-refractivity contribution in [3.63, 3.8) is 0 Å². The Kier molecular flexibility index (Phi) is 4.23. The molecule has 0 N–H and O–H groups in total. The Bertz CT molecular complexity index is 1500. The van der Waals surface area contributed by atoms with E-state index in [0.29, 0.717) is 11.3 Å². The third-order valence-electron chi connectivity index (χ3n) is 8.93. The number of aromatic nitrogens is 2. The second-order valence-electron chi connectivity index (χ2n) is 11.7. The van der Waals surface area contributed by atoms with E-state index in [1.807, 2.05) is 6.33 Å². The predicted octanol–water partition coefficient (Wildman–Crippen LogP) is 7.47. The molecule has 2 aliphatic carbocycles. The molecule has 4 aromatic rings. The van der Waals surface area contributed by atoms with Crippen molar-refractivity contribution in [3.8, 4) is 22.8 Å². The van der Waals surface area contributed by atoms with Crippen molar-refractivity contribution in [1.82, 2.24) is 4.98 Å². The molecule has 7 rings (SSSR count). The Hall–Kier alpha value is -2.94. The minimum absolute atomic E-state index is 0.467. The Morgan fingerprint density at radius 3 is 2.71 bits per heavy atom. The van der Waals surface area contributed by atoms with Crippen LogP contribution in [0.25, 0.3) is 32.9 Å². The van der Waals surface area contributed by atoms with Crippen LogP contribution in [0.1, 0.15) is 74.1 Å². The van der Waals surface area contributed by atoms with Gasteiger partial charge in [-0.05, 0) is 108 Å². The van der Waals surface area contributed by atoms with E-state index >= 15 is 0 Å². The molecule has 34 heavy (non-hydrogen) atoms. The first-order valence-electron chi connectivity index (χ1n) is 13.0. The van der Waals surface area contributed by atoms with Crippen LogP contribution in [0, 0.1) is 12.3 Å². The molecule has 3 heteroatoms. The first kappa shape index (κ1) is 20.4. The summed E-state index contributed by atoms with van der Waals surface area (Å²) in [5, 5.41) is 3.98. The molecule has 3 aromatic carbocycles. The standard InChI is InChI=1S/C31H33N2O/c1-18-22-9-5-7-20-8-6-10-23(27(20)22)30-26(18)29-28-24(32-17-33(29)4)15-21(16-25(28)34-30)19-11-13-31(2,3)14-12-19/h5,7,9,15-17,19H,6,8,10-14H2,1-4H3/q+1. The highest BCUT2D eigenvalue weighted by Gasteiger charge is 2.35. The Balaban J connectivity index is 1.49. The lowest BCUT2D eigenvalue weighted by atomic mass is 9.71. The fraction of sp³-hybridized carbons (Fsp3) is 0.419. The maximum Gasteiger partial charge on any atom is 0.287 e. The quantitative estimate of drug-likeness (QED) is 0.248. The predicted molar refractivity (Wildman–Crippen MR) is 138 cm³/mol. The van der Waals surface area contributed by atoms with Gasteiger partial charge in [0.15, 0.2) is 11.2 Å². The topological polar surface area (TPSA) is 26.0 Å². The lowest BCUT2D eigenvalue weighted by molar-refractivity contribution is -0.662. The summed E-state index contributed by atoms with van der Waals surface area (Å²) in [5.74, 6) is 2.69. The van der Waals surface area contributed by atoms with Crippen LogP contribution in [-0.2, 0) is 19.9 Å². The smallest absolute Gasteiger partial charge is 0.287 e. The Morgan fingerprint density at radius 1 is 1.06 bits per heavy atom. The van der Waals surface area contributed by atoms with Crippen molar-refractivity contribution in [2.75, 3.05) is 0 Å². The molecule has 0 bridgehead atoms. The van der Waals surface area contributed by atoms with Crippen LogP contribution in [0.5, 0.6) is 11.5 Å². The zero-order valence-electron chi connectivity index (χ0n) is 20.8. The summed E-state index contributed by atoms with van der Waals surface area (Å²) in [5.41, 5.74) is 9.65. The number of rotatable bonds is 1. The number of hydrogen-bond acceptors (Lipinski definition) is 2. The van der Waals surface area contributed by atoms with Gasteiger partial charge in [-0.1, -0.05) is 32.0 Å². The number of fused-ring (bicyclic) bond motifs is 3. The van der Waals surface area contributed by atoms with Crippen LogP contribution in [0.15, 0.2) is 36.7 Å². The average molecular weight is 450 g/mol. The van der Waals surface area contributed by atoms with Gasteiger partial charge < -0.3 is 4.74 Å². The molecular weight excluding hydrogens is 416 g/mol. The highest BCUT2D eigenvalue weighted by molar-refractivity contribution is 6.06. The second kappa shape index (κ2) is 7.04. The Labute approximate surface area is 201 Å². The van der Waals surface area contributed by atoms with Crippen molar-refractivity contribution >= 4 is 21.7 Å². The third kappa shape index (κ3) is 2.82. The van der Waals surface area contributed by atoms with Crippen LogP contribution < -0.4 is 9.30 Å². The molecule has 1 fully saturated rings. The van der Waals surface area contributed by atoms with E-state index in [2.05, 4.69) is 62.7 Å². The fourth-order valence-corrected chi connectivity index (χ4v) is 6.94. The van der Waals surface area contributed by atoms with Crippen LogP contribution in [0.2, 0.25) is 0 Å². The lowest BCUT2D eigenvalue weighted by Crippen LogP contribution is -2.33. The summed E-state index contributed by atoms with van der Waals surface area (Å²) < 4.78 is 9.13. The highest BCUT2D eigenvalue weighted by atomic mass is 16.5. The number of benzene rings is 3. The van der Waals surface area contributed by atoms with Gasteiger partial charge in [0, 0.05) is 5.56 Å². The van der Waals surface area contributed by atoms with Crippen molar-refractivity contribution in [2.24, 2.45) is 12.5 Å². The van der Waals surface area contributed by atoms with Crippen LogP contribution in [-0.4, -0.2) is 4.98 Å². The van der Waals surface area contributed by atoms with E-state index in [0.717, 1.165) is 29.9 Å². The van der Waals surface area contributed by atoms with Gasteiger partial charge in [-0.2, -0.15) is 0 Å². The van der Waals surface area contributed by atoms with E-state index < -0.39 is 0 Å². The molecule has 0 radical (unpaired) electrons. The van der Waals surface area contributed by atoms with E-state index in [4.69, 9.17) is 9.72 Å². The molecule has 0 unspecified atom stereocenters. The molecule has 3 aliphatic rings. The molecule has 3 nitrogen and oxygen atoms in total. The molecule has 0 amide bonds. The molecule has 172 valence electrons. The molecule has 0 spiro atoms. The molecule has 1 aliphatic heterocycles. The van der Waals surface area contributed by atoms with Gasteiger partial charge in [-0.15, -0.1) is 0 Å². The zero-order valence-corrected chi connectivity index (χ0v) is 20.8. The van der Waals surface area contributed by atoms with Crippen molar-refractivity contribution in [1.29, 1.82) is 0 Å². The lowest BCUT2D eigenvalue weighted by Gasteiger charge is -2.35. The summed E-state index contributed by atoms with van der Waals surface area (Å²) in [7, 11) is 2.13. The summed E-state index contributed by atoms with van der Waals surface area (Å²) in [6.07, 6.45) is 10.5. The normalized spacial score (nSPS) is 18.7. The molecule has 0 atom stereocenters. The summed E-state index contributed by atoms with van der Waals surface area (Å²) >= 11 is 0. The van der Waals surface area contributed by atoms with Gasteiger partial charge in [0.25, 0.3) is 6.33 Å². The van der Waals surface area contributed by atoms with E-state index in [1.54, 1.807) is 0 Å². The first-order chi connectivity index (χ1) is 16.4. The first-order valence-corrected chi connectivity index (χ1v) is 13.0. The highest BCUT2D eigenvalue weighted by Crippen LogP contribution is 2.53. The number of hydrogen-bond donors (Lipinski definition) is 0. The van der Waals surface area contributed by atoms with Gasteiger partial charge in [-0.25, -0.2) is 4.57 Å². The number of ether oxygens (including phenoxy) is 1. The maximum atomic E-state index is 6.92. The zero-order chi connectivity index (χ0) is 23.2. The Morgan fingerprint density at radius 2 is 1.88 bits per heavy atom. The monoisotopic (exact) mass is 449 g/mol. The van der Waals surface area contributed by atoms with Gasteiger partial charge in [0.1, 0.15) is 16.9 Å². The maximum absolute atomic E-state index is 6.92. The van der Waals surface area contributed by atoms with Crippen molar-refractivity contribution < 1.29 is 9.30 Å². The molecule has 0 saturated heterocycles. The van der Waals surface area contributed by atoms with Gasteiger partial charge in [0.05, 0.1) is 12.6 Å². The van der Waals surface area contributed by atoms with Gasteiger partial charge in [0.2, 0.25) is 0 Å². The van der Waals surface area contributed by atoms with E-state index in [9.17, 15) is 0 Å². The third-order valence-corrected chi connectivity index (χ3v) is 8.93. The average Bonchev–Trinajstić information content (AvgIpc) is 2.83. The molecule has 2 heterocycles. The van der Waals surface area contributed by atoms with E-state index in [1.165, 1.54) is 81.8 Å². The largest absolute Gasteiger partial charge is 0.455 e.